The van der Waals surface area contributed by atoms with Gasteiger partial charge in [-0.3, -0.25) is 0 Å². The van der Waals surface area contributed by atoms with Crippen LogP contribution in [0.15, 0.2) is 24.3 Å². The maximum atomic E-state index is 6.00. The number of hydrogen-bond acceptors (Lipinski definition) is 1. The third kappa shape index (κ3) is 2.64. The second-order valence-electron chi connectivity index (χ2n) is 4.57. The van der Waals surface area contributed by atoms with Crippen LogP contribution in [0.2, 0.25) is 4.34 Å². The fraction of sp³-hybridized carbons (Fsp3) is 0.538. The van der Waals surface area contributed by atoms with Gasteiger partial charge in [-0.2, -0.15) is 0 Å². The zero-order valence-corrected chi connectivity index (χ0v) is 10.7. The molecule has 0 spiro atoms. The molecule has 1 aliphatic carbocycles. The highest BCUT2D eigenvalue weighted by Crippen LogP contribution is 2.41. The first-order valence-corrected chi connectivity index (χ1v) is 6.78. The van der Waals surface area contributed by atoms with Crippen LogP contribution in [0.4, 0.5) is 0 Å². The highest BCUT2D eigenvalue weighted by atomic mass is 35.5. The van der Waals surface area contributed by atoms with E-state index in [0.29, 0.717) is 5.92 Å². The predicted molar refractivity (Wildman–Crippen MR) is 68.8 cm³/mol. The summed E-state index contributed by atoms with van der Waals surface area (Å²) in [7, 11) is 0. The summed E-state index contributed by atoms with van der Waals surface area (Å²) in [6.45, 7) is 6.52. The van der Waals surface area contributed by atoms with Crippen molar-refractivity contribution in [3.8, 4) is 0 Å². The molecule has 0 aliphatic heterocycles. The molecule has 0 radical (unpaired) electrons. The van der Waals surface area contributed by atoms with E-state index < -0.39 is 0 Å². The largest absolute Gasteiger partial charge is 0.128 e. The SMILES string of the molecule is C=C1CCC[C@@H](C)[C@H](c2ccc(Cl)s2)C1. The monoisotopic (exact) mass is 240 g/mol. The lowest BCUT2D eigenvalue weighted by molar-refractivity contribution is 0.447. The van der Waals surface area contributed by atoms with Crippen LogP contribution in [0.25, 0.3) is 0 Å². The molecule has 2 heteroatoms. The summed E-state index contributed by atoms with van der Waals surface area (Å²) in [5, 5.41) is 0. The van der Waals surface area contributed by atoms with Crippen molar-refractivity contribution in [1.29, 1.82) is 0 Å². The highest BCUT2D eigenvalue weighted by molar-refractivity contribution is 7.16. The van der Waals surface area contributed by atoms with Crippen LogP contribution in [0.3, 0.4) is 0 Å². The van der Waals surface area contributed by atoms with Crippen molar-refractivity contribution >= 4 is 22.9 Å². The van der Waals surface area contributed by atoms with Gasteiger partial charge in [-0.25, -0.2) is 0 Å². The van der Waals surface area contributed by atoms with Gasteiger partial charge in [-0.1, -0.05) is 30.7 Å². The minimum absolute atomic E-state index is 0.650. The molecule has 2 rings (SSSR count). The van der Waals surface area contributed by atoms with Crippen molar-refractivity contribution in [2.24, 2.45) is 5.92 Å². The molecule has 2 atom stereocenters. The number of rotatable bonds is 1. The lowest BCUT2D eigenvalue weighted by atomic mass is 9.88. The van der Waals surface area contributed by atoms with Crippen LogP contribution in [0.5, 0.6) is 0 Å². The molecular formula is C13H17ClS. The molecule has 0 amide bonds. The average molecular weight is 241 g/mol. The standard InChI is InChI=1S/C13H17ClS/c1-9-4-3-5-10(2)11(8-9)12-6-7-13(14)15-12/h6-7,10-11H,1,3-5,8H2,2H3/t10-,11-/m1/s1. The third-order valence-corrected chi connectivity index (χ3v) is 4.71. The normalized spacial score (nSPS) is 27.7. The fourth-order valence-corrected chi connectivity index (χ4v) is 3.69. The lowest BCUT2D eigenvalue weighted by Gasteiger charge is -2.20. The summed E-state index contributed by atoms with van der Waals surface area (Å²) in [6.07, 6.45) is 4.98. The van der Waals surface area contributed by atoms with Gasteiger partial charge in [0.05, 0.1) is 4.34 Å². The molecule has 0 aromatic carbocycles. The van der Waals surface area contributed by atoms with E-state index in [9.17, 15) is 0 Å². The van der Waals surface area contributed by atoms with Gasteiger partial charge in [0.1, 0.15) is 0 Å². The Balaban J connectivity index is 2.21. The topological polar surface area (TPSA) is 0 Å². The number of halogens is 1. The van der Waals surface area contributed by atoms with Crippen molar-refractivity contribution in [2.75, 3.05) is 0 Å². The van der Waals surface area contributed by atoms with E-state index in [-0.39, 0.29) is 0 Å². The van der Waals surface area contributed by atoms with E-state index >= 15 is 0 Å². The molecule has 0 bridgehead atoms. The van der Waals surface area contributed by atoms with E-state index in [2.05, 4.69) is 19.6 Å². The zero-order valence-electron chi connectivity index (χ0n) is 9.13. The Morgan fingerprint density at radius 1 is 1.47 bits per heavy atom. The Morgan fingerprint density at radius 3 is 2.93 bits per heavy atom. The van der Waals surface area contributed by atoms with Crippen LogP contribution < -0.4 is 0 Å². The van der Waals surface area contributed by atoms with E-state index in [1.165, 1.54) is 29.7 Å². The quantitative estimate of drug-likeness (QED) is 0.465. The van der Waals surface area contributed by atoms with E-state index in [1.54, 1.807) is 11.3 Å². The van der Waals surface area contributed by atoms with Gasteiger partial charge in [0.2, 0.25) is 0 Å². The van der Waals surface area contributed by atoms with Gasteiger partial charge in [-0.15, -0.1) is 11.3 Å². The molecule has 1 aromatic heterocycles. The van der Waals surface area contributed by atoms with Gasteiger partial charge < -0.3 is 0 Å². The molecule has 0 nitrogen and oxygen atoms in total. The number of thiophene rings is 1. The van der Waals surface area contributed by atoms with Gasteiger partial charge in [-0.05, 0) is 49.7 Å². The molecule has 0 N–H and O–H groups in total. The predicted octanol–water partition coefficient (Wildman–Crippen LogP) is 5.25. The summed E-state index contributed by atoms with van der Waals surface area (Å²) in [5.74, 6) is 1.41. The first-order chi connectivity index (χ1) is 7.16. The Labute approximate surface area is 101 Å². The van der Waals surface area contributed by atoms with Crippen LogP contribution in [-0.4, -0.2) is 0 Å². The smallest absolute Gasteiger partial charge is 0.0931 e. The molecule has 1 fully saturated rings. The van der Waals surface area contributed by atoms with Gasteiger partial charge in [0, 0.05) is 4.88 Å². The second-order valence-corrected chi connectivity index (χ2v) is 6.32. The summed E-state index contributed by atoms with van der Waals surface area (Å²) < 4.78 is 0.909. The van der Waals surface area contributed by atoms with E-state index in [0.717, 1.165) is 16.7 Å². The van der Waals surface area contributed by atoms with Gasteiger partial charge in [0.25, 0.3) is 0 Å². The van der Waals surface area contributed by atoms with Crippen molar-refractivity contribution in [3.63, 3.8) is 0 Å². The first-order valence-electron chi connectivity index (χ1n) is 5.58. The third-order valence-electron chi connectivity index (χ3n) is 3.34. The molecule has 1 aliphatic rings. The Hall–Kier alpha value is -0.270. The van der Waals surface area contributed by atoms with Crippen molar-refractivity contribution < 1.29 is 0 Å². The fourth-order valence-electron chi connectivity index (χ4n) is 2.40. The van der Waals surface area contributed by atoms with Crippen molar-refractivity contribution in [1.82, 2.24) is 0 Å². The van der Waals surface area contributed by atoms with Crippen molar-refractivity contribution in [3.05, 3.63) is 33.5 Å². The first kappa shape index (κ1) is 11.2. The maximum absolute atomic E-state index is 6.00. The van der Waals surface area contributed by atoms with Crippen LogP contribution >= 0.6 is 22.9 Å². The van der Waals surface area contributed by atoms with Crippen LogP contribution in [0, 0.1) is 5.92 Å². The lowest BCUT2D eigenvalue weighted by Crippen LogP contribution is -2.06. The Kier molecular flexibility index (Phi) is 3.53. The zero-order chi connectivity index (χ0) is 10.8. The Morgan fingerprint density at radius 2 is 2.27 bits per heavy atom. The van der Waals surface area contributed by atoms with E-state index in [4.69, 9.17) is 11.6 Å². The average Bonchev–Trinajstić information content (AvgIpc) is 2.53. The van der Waals surface area contributed by atoms with Gasteiger partial charge >= 0.3 is 0 Å². The summed E-state index contributed by atoms with van der Waals surface area (Å²) >= 11 is 7.73. The molecule has 1 aromatic rings. The second kappa shape index (κ2) is 4.71. The summed E-state index contributed by atoms with van der Waals surface area (Å²) in [4.78, 5) is 1.44. The summed E-state index contributed by atoms with van der Waals surface area (Å²) in [5.41, 5.74) is 1.41. The van der Waals surface area contributed by atoms with Crippen LogP contribution in [0.1, 0.15) is 43.4 Å². The molecule has 82 valence electrons. The Bertz CT molecular complexity index is 353. The van der Waals surface area contributed by atoms with E-state index in [1.807, 2.05) is 6.07 Å². The minimum Gasteiger partial charge on any atom is -0.128 e. The molecule has 1 heterocycles. The maximum Gasteiger partial charge on any atom is 0.0931 e. The molecule has 15 heavy (non-hydrogen) atoms. The molecule has 0 unspecified atom stereocenters. The molecular weight excluding hydrogens is 224 g/mol. The number of hydrogen-bond donors (Lipinski definition) is 0. The summed E-state index contributed by atoms with van der Waals surface area (Å²) in [6, 6.07) is 4.20. The van der Waals surface area contributed by atoms with Gasteiger partial charge in [0.15, 0.2) is 0 Å². The highest BCUT2D eigenvalue weighted by Gasteiger charge is 2.24. The minimum atomic E-state index is 0.650. The molecule has 0 saturated heterocycles. The number of allylic oxidation sites excluding steroid dienone is 1. The molecule has 1 saturated carbocycles. The van der Waals surface area contributed by atoms with Crippen molar-refractivity contribution in [2.45, 2.75) is 38.5 Å². The van der Waals surface area contributed by atoms with Crippen LogP contribution in [-0.2, 0) is 0 Å².